The normalized spacial score (nSPS) is 17.7. The zero-order chi connectivity index (χ0) is 20.0. The van der Waals surface area contributed by atoms with Crippen molar-refractivity contribution >= 4 is 40.0 Å². The first kappa shape index (κ1) is 24.0. The number of benzene rings is 1. The highest BCUT2D eigenvalue weighted by Gasteiger charge is 2.24. The first-order chi connectivity index (χ1) is 13.5. The Kier molecular flexibility index (Phi) is 9.28. The molecule has 8 nitrogen and oxygen atoms in total. The maximum Gasteiger partial charge on any atom is 0.231 e. The van der Waals surface area contributed by atoms with E-state index in [2.05, 4.69) is 16.7 Å². The van der Waals surface area contributed by atoms with Gasteiger partial charge in [-0.2, -0.15) is 0 Å². The van der Waals surface area contributed by atoms with E-state index in [-0.39, 0.29) is 30.8 Å². The van der Waals surface area contributed by atoms with Crippen LogP contribution in [0.5, 0.6) is 11.5 Å². The second-order valence-electron chi connectivity index (χ2n) is 7.19. The fourth-order valence-electron chi connectivity index (χ4n) is 3.41. The van der Waals surface area contributed by atoms with E-state index in [1.807, 2.05) is 19.1 Å². The van der Waals surface area contributed by atoms with Gasteiger partial charge in [0.05, 0.1) is 6.26 Å². The molecule has 0 unspecified atom stereocenters. The van der Waals surface area contributed by atoms with Crippen molar-refractivity contribution in [3.8, 4) is 11.5 Å². The molecule has 29 heavy (non-hydrogen) atoms. The number of fused-ring (bicyclic) bond motifs is 1. The van der Waals surface area contributed by atoms with Crippen molar-refractivity contribution in [3.63, 3.8) is 0 Å². The molecule has 0 spiro atoms. The van der Waals surface area contributed by atoms with Crippen LogP contribution < -0.4 is 20.1 Å². The van der Waals surface area contributed by atoms with Gasteiger partial charge in [0.15, 0.2) is 17.5 Å². The Morgan fingerprint density at radius 2 is 1.93 bits per heavy atom. The summed E-state index contributed by atoms with van der Waals surface area (Å²) < 4.78 is 35.5. The van der Waals surface area contributed by atoms with Gasteiger partial charge in [-0.25, -0.2) is 12.7 Å². The molecule has 3 rings (SSSR count). The van der Waals surface area contributed by atoms with Gasteiger partial charge in [0.25, 0.3) is 0 Å². The third kappa shape index (κ3) is 7.18. The molecule has 2 heterocycles. The number of sulfonamides is 1. The van der Waals surface area contributed by atoms with Crippen molar-refractivity contribution in [3.05, 3.63) is 23.8 Å². The maximum absolute atomic E-state index is 11.6. The molecule has 1 saturated heterocycles. The minimum absolute atomic E-state index is 0. The fourth-order valence-corrected chi connectivity index (χ4v) is 4.28. The van der Waals surface area contributed by atoms with E-state index >= 15 is 0 Å². The fraction of sp³-hybridized carbons (Fsp3) is 0.632. The number of hydrogen-bond acceptors (Lipinski definition) is 5. The molecule has 2 N–H and O–H groups in total. The molecule has 1 fully saturated rings. The van der Waals surface area contributed by atoms with Crippen molar-refractivity contribution in [2.75, 3.05) is 45.8 Å². The van der Waals surface area contributed by atoms with Crippen molar-refractivity contribution in [1.82, 2.24) is 14.9 Å². The highest BCUT2D eigenvalue weighted by molar-refractivity contribution is 14.0. The van der Waals surface area contributed by atoms with Gasteiger partial charge in [-0.1, -0.05) is 6.07 Å². The maximum atomic E-state index is 11.6. The lowest BCUT2D eigenvalue weighted by Gasteiger charge is -2.29. The molecular formula is C19H31IN4O4S. The topological polar surface area (TPSA) is 92.3 Å². The van der Waals surface area contributed by atoms with Crippen molar-refractivity contribution in [1.29, 1.82) is 0 Å². The van der Waals surface area contributed by atoms with Crippen LogP contribution in [-0.4, -0.2) is 64.5 Å². The molecule has 2 aliphatic rings. The Balaban J connectivity index is 0.00000300. The molecule has 0 aliphatic carbocycles. The third-order valence-electron chi connectivity index (χ3n) is 5.04. The Labute approximate surface area is 190 Å². The van der Waals surface area contributed by atoms with Crippen LogP contribution in [0.25, 0.3) is 0 Å². The van der Waals surface area contributed by atoms with E-state index in [9.17, 15) is 8.42 Å². The summed E-state index contributed by atoms with van der Waals surface area (Å²) in [5, 5.41) is 6.64. The molecule has 0 saturated carbocycles. The molecule has 0 radical (unpaired) electrons. The Hall–Kier alpha value is -1.27. The summed E-state index contributed by atoms with van der Waals surface area (Å²) in [5.41, 5.74) is 1.18. The molecule has 2 aliphatic heterocycles. The lowest BCUT2D eigenvalue weighted by atomic mass is 9.98. The highest BCUT2D eigenvalue weighted by Crippen LogP contribution is 2.32. The quantitative estimate of drug-likeness (QED) is 0.313. The number of halogens is 1. The van der Waals surface area contributed by atoms with Crippen LogP contribution in [0.1, 0.15) is 25.3 Å². The number of piperidine rings is 1. The number of ether oxygens (including phenoxy) is 2. The van der Waals surface area contributed by atoms with E-state index in [0.29, 0.717) is 25.6 Å². The summed E-state index contributed by atoms with van der Waals surface area (Å²) in [7, 11) is -3.08. The number of guanidine groups is 1. The third-order valence-corrected chi connectivity index (χ3v) is 6.34. The van der Waals surface area contributed by atoms with E-state index in [0.717, 1.165) is 49.8 Å². The summed E-state index contributed by atoms with van der Waals surface area (Å²) in [6.45, 7) is 5.77. The van der Waals surface area contributed by atoms with Gasteiger partial charge in [0.2, 0.25) is 16.8 Å². The van der Waals surface area contributed by atoms with Crippen LogP contribution in [0.2, 0.25) is 0 Å². The van der Waals surface area contributed by atoms with Gasteiger partial charge < -0.3 is 20.1 Å². The van der Waals surface area contributed by atoms with Crippen LogP contribution in [-0.2, 0) is 16.4 Å². The highest BCUT2D eigenvalue weighted by atomic mass is 127. The molecule has 0 bridgehead atoms. The Morgan fingerprint density at radius 3 is 2.62 bits per heavy atom. The number of aliphatic imine (C=N–C) groups is 1. The van der Waals surface area contributed by atoms with Gasteiger partial charge in [0, 0.05) is 32.7 Å². The van der Waals surface area contributed by atoms with Gasteiger partial charge in [0.1, 0.15) is 0 Å². The molecule has 0 aromatic heterocycles. The van der Waals surface area contributed by atoms with Gasteiger partial charge >= 0.3 is 0 Å². The van der Waals surface area contributed by atoms with E-state index in [1.54, 1.807) is 4.31 Å². The predicted molar refractivity (Wildman–Crippen MR) is 125 cm³/mol. The van der Waals surface area contributed by atoms with E-state index < -0.39 is 10.0 Å². The van der Waals surface area contributed by atoms with Crippen LogP contribution in [0.15, 0.2) is 23.2 Å². The van der Waals surface area contributed by atoms with Crippen LogP contribution in [0.3, 0.4) is 0 Å². The molecule has 1 aromatic rings. The molecule has 0 amide bonds. The summed E-state index contributed by atoms with van der Waals surface area (Å²) >= 11 is 0. The zero-order valence-electron chi connectivity index (χ0n) is 17.0. The predicted octanol–water partition coefficient (Wildman–Crippen LogP) is 1.80. The molecule has 10 heteroatoms. The zero-order valence-corrected chi connectivity index (χ0v) is 20.2. The Morgan fingerprint density at radius 1 is 1.21 bits per heavy atom. The van der Waals surface area contributed by atoms with Crippen LogP contribution in [0.4, 0.5) is 0 Å². The molecular weight excluding hydrogens is 507 g/mol. The average molecular weight is 538 g/mol. The lowest BCUT2D eigenvalue weighted by Crippen LogP contribution is -2.40. The number of hydrogen-bond donors (Lipinski definition) is 2. The molecule has 0 atom stereocenters. The van der Waals surface area contributed by atoms with Gasteiger partial charge in [-0.15, -0.1) is 24.0 Å². The second kappa shape index (κ2) is 11.2. The lowest BCUT2D eigenvalue weighted by molar-refractivity contribution is 0.174. The smallest absolute Gasteiger partial charge is 0.231 e. The molecule has 164 valence electrons. The SMILES string of the molecule is CCNC(=NCC1CCN(S(C)(=O)=O)CC1)NCCc1ccc2c(c1)OCO2.I. The second-order valence-corrected chi connectivity index (χ2v) is 9.17. The minimum Gasteiger partial charge on any atom is -0.454 e. The minimum atomic E-state index is -3.08. The first-order valence-electron chi connectivity index (χ1n) is 9.81. The monoisotopic (exact) mass is 538 g/mol. The van der Waals surface area contributed by atoms with Crippen molar-refractivity contribution in [2.45, 2.75) is 26.2 Å². The van der Waals surface area contributed by atoms with Crippen LogP contribution >= 0.6 is 24.0 Å². The number of rotatable bonds is 7. The summed E-state index contributed by atoms with van der Waals surface area (Å²) in [6, 6.07) is 6.01. The number of nitrogens with zero attached hydrogens (tertiary/aromatic N) is 2. The van der Waals surface area contributed by atoms with Gasteiger partial charge in [-0.05, 0) is 49.8 Å². The van der Waals surface area contributed by atoms with E-state index in [4.69, 9.17) is 14.5 Å². The van der Waals surface area contributed by atoms with E-state index in [1.165, 1.54) is 11.8 Å². The largest absolute Gasteiger partial charge is 0.454 e. The van der Waals surface area contributed by atoms with Crippen LogP contribution in [0, 0.1) is 5.92 Å². The van der Waals surface area contributed by atoms with Crippen molar-refractivity contribution < 1.29 is 17.9 Å². The average Bonchev–Trinajstić information content (AvgIpc) is 3.13. The first-order valence-corrected chi connectivity index (χ1v) is 11.7. The summed E-state index contributed by atoms with van der Waals surface area (Å²) in [6.07, 6.45) is 3.84. The molecule has 1 aromatic carbocycles. The Bertz CT molecular complexity index is 795. The van der Waals surface area contributed by atoms with Crippen molar-refractivity contribution in [2.24, 2.45) is 10.9 Å². The summed E-state index contributed by atoms with van der Waals surface area (Å²) in [4.78, 5) is 4.70. The summed E-state index contributed by atoms with van der Waals surface area (Å²) in [5.74, 6) is 2.82. The number of nitrogens with one attached hydrogen (secondary N) is 2. The standard InChI is InChI=1S/C19H30N4O4S.HI/c1-3-20-19(22-13-16-7-10-23(11-8-16)28(2,24)25)21-9-6-15-4-5-17-18(12-15)27-14-26-17;/h4-5,12,16H,3,6-11,13-14H2,1-2H3,(H2,20,21,22);1H. The van der Waals surface area contributed by atoms with Gasteiger partial charge in [-0.3, -0.25) is 4.99 Å².